The number of esters is 1. The number of carbonyl (C=O) groups is 3. The van der Waals surface area contributed by atoms with Crippen molar-refractivity contribution in [2.45, 2.75) is 58.4 Å². The molecule has 4 aliphatic carbocycles. The average Bonchev–Trinajstić information content (AvgIpc) is 2.69. The van der Waals surface area contributed by atoms with Crippen molar-refractivity contribution in [3.8, 4) is 0 Å². The normalized spacial score (nSPS) is 30.2. The van der Waals surface area contributed by atoms with Crippen molar-refractivity contribution in [1.82, 2.24) is 5.32 Å². The Labute approximate surface area is 182 Å². The molecule has 6 heteroatoms. The highest BCUT2D eigenvalue weighted by Crippen LogP contribution is 2.60. The van der Waals surface area contributed by atoms with Gasteiger partial charge in [-0.05, 0) is 86.5 Å². The van der Waals surface area contributed by atoms with Crippen LogP contribution in [0.2, 0.25) is 5.02 Å². The van der Waals surface area contributed by atoms with E-state index in [1.807, 2.05) is 13.8 Å². The summed E-state index contributed by atoms with van der Waals surface area (Å²) in [6.45, 7) is 3.41. The van der Waals surface area contributed by atoms with E-state index >= 15 is 0 Å². The maximum Gasteiger partial charge on any atom is 0.329 e. The summed E-state index contributed by atoms with van der Waals surface area (Å²) < 4.78 is 5.30. The highest BCUT2D eigenvalue weighted by atomic mass is 35.5. The first-order valence-corrected chi connectivity index (χ1v) is 11.4. The van der Waals surface area contributed by atoms with Gasteiger partial charge in [-0.2, -0.15) is 0 Å². The average molecular weight is 432 g/mol. The molecule has 0 aromatic heterocycles. The number of rotatable bonds is 7. The van der Waals surface area contributed by atoms with E-state index in [0.29, 0.717) is 28.3 Å². The van der Waals surface area contributed by atoms with Crippen molar-refractivity contribution in [2.75, 3.05) is 6.61 Å². The Bertz CT molecular complexity index is 797. The summed E-state index contributed by atoms with van der Waals surface area (Å²) in [5.74, 6) is 0.998. The second-order valence-electron chi connectivity index (χ2n) is 9.93. The number of Topliss-reactive ketones (excluding diaryl/α,β-unsaturated/α-hetero) is 1. The number of hydrogen-bond acceptors (Lipinski definition) is 4. The Morgan fingerprint density at radius 3 is 2.07 bits per heavy atom. The molecule has 0 spiro atoms. The summed E-state index contributed by atoms with van der Waals surface area (Å²) in [6, 6.07) is 5.71. The molecule has 4 fully saturated rings. The molecule has 1 amide bonds. The summed E-state index contributed by atoms with van der Waals surface area (Å²) in [5, 5.41) is 3.54. The molecule has 1 N–H and O–H groups in total. The summed E-state index contributed by atoms with van der Waals surface area (Å²) in [5.41, 5.74) is 0.118. The zero-order valence-electron chi connectivity index (χ0n) is 17.7. The fourth-order valence-electron chi connectivity index (χ4n) is 6.13. The lowest BCUT2D eigenvalue weighted by atomic mass is 9.49. The molecular weight excluding hydrogens is 402 g/mol. The highest BCUT2D eigenvalue weighted by Gasteiger charge is 2.55. The maximum atomic E-state index is 13.3. The van der Waals surface area contributed by atoms with Crippen LogP contribution < -0.4 is 5.32 Å². The first-order chi connectivity index (χ1) is 14.3. The van der Waals surface area contributed by atoms with Gasteiger partial charge in [0.1, 0.15) is 6.04 Å². The Morgan fingerprint density at radius 1 is 1.03 bits per heavy atom. The number of ether oxygens (including phenoxy) is 1. The molecule has 0 aliphatic heterocycles. The first-order valence-electron chi connectivity index (χ1n) is 11.0. The zero-order valence-corrected chi connectivity index (χ0v) is 18.4. The van der Waals surface area contributed by atoms with Crippen LogP contribution in [-0.2, 0) is 14.3 Å². The van der Waals surface area contributed by atoms with Crippen molar-refractivity contribution >= 4 is 29.3 Å². The van der Waals surface area contributed by atoms with Crippen LogP contribution in [0.4, 0.5) is 0 Å². The van der Waals surface area contributed by atoms with Crippen LogP contribution in [0.1, 0.15) is 62.7 Å². The number of carbonyl (C=O) groups excluding carboxylic acids is 3. The zero-order chi connectivity index (χ0) is 21.5. The number of halogens is 1. The summed E-state index contributed by atoms with van der Waals surface area (Å²) in [4.78, 5) is 38.3. The van der Waals surface area contributed by atoms with E-state index in [4.69, 9.17) is 16.3 Å². The number of ketones is 1. The van der Waals surface area contributed by atoms with Crippen molar-refractivity contribution in [3.05, 3.63) is 34.9 Å². The molecule has 4 saturated carbocycles. The van der Waals surface area contributed by atoms with Gasteiger partial charge < -0.3 is 10.1 Å². The van der Waals surface area contributed by atoms with Gasteiger partial charge in [-0.15, -0.1) is 0 Å². The number of benzene rings is 1. The van der Waals surface area contributed by atoms with E-state index in [9.17, 15) is 14.4 Å². The molecule has 1 unspecified atom stereocenters. The Morgan fingerprint density at radius 2 is 1.57 bits per heavy atom. The smallest absolute Gasteiger partial charge is 0.329 e. The first kappa shape index (κ1) is 21.4. The minimum absolute atomic E-state index is 0.00118. The Hall–Kier alpha value is -1.88. The predicted octanol–water partition coefficient (Wildman–Crippen LogP) is 4.42. The summed E-state index contributed by atoms with van der Waals surface area (Å²) in [7, 11) is 0. The standard InChI is InChI=1S/C24H30ClNO4/c1-14(2)21(22(28)30-13-20(27)18-3-5-19(25)6-4-18)26-23(29)24-10-15-7-16(11-24)9-17(8-15)12-24/h3-6,14-17,21H,7-13H2,1-2H3,(H,26,29). The van der Waals surface area contributed by atoms with Crippen LogP contribution in [0.15, 0.2) is 24.3 Å². The van der Waals surface area contributed by atoms with Gasteiger partial charge in [-0.3, -0.25) is 9.59 Å². The van der Waals surface area contributed by atoms with Gasteiger partial charge in [-0.25, -0.2) is 4.79 Å². The molecule has 1 aromatic rings. The van der Waals surface area contributed by atoms with Crippen LogP contribution in [0, 0.1) is 29.1 Å². The van der Waals surface area contributed by atoms with Gasteiger partial charge in [0.15, 0.2) is 12.4 Å². The number of nitrogens with one attached hydrogen (secondary N) is 1. The lowest BCUT2D eigenvalue weighted by molar-refractivity contribution is -0.154. The lowest BCUT2D eigenvalue weighted by Crippen LogP contribution is -2.57. The van der Waals surface area contributed by atoms with Crippen LogP contribution in [0.3, 0.4) is 0 Å². The van der Waals surface area contributed by atoms with Crippen LogP contribution in [0.5, 0.6) is 0 Å². The summed E-state index contributed by atoms with van der Waals surface area (Å²) >= 11 is 5.84. The molecule has 0 saturated heterocycles. The SMILES string of the molecule is CC(C)C(NC(=O)C12CC3CC(CC(C3)C1)C2)C(=O)OCC(=O)c1ccc(Cl)cc1. The third kappa shape index (κ3) is 4.27. The van der Waals surface area contributed by atoms with E-state index in [2.05, 4.69) is 5.32 Å². The number of hydrogen-bond donors (Lipinski definition) is 1. The van der Waals surface area contributed by atoms with Gasteiger partial charge in [-0.1, -0.05) is 25.4 Å². The van der Waals surface area contributed by atoms with Gasteiger partial charge in [0.25, 0.3) is 0 Å². The van der Waals surface area contributed by atoms with E-state index in [0.717, 1.165) is 19.3 Å². The fraction of sp³-hybridized carbons (Fsp3) is 0.625. The fourth-order valence-corrected chi connectivity index (χ4v) is 6.25. The Balaban J connectivity index is 1.37. The topological polar surface area (TPSA) is 72.5 Å². The molecule has 162 valence electrons. The van der Waals surface area contributed by atoms with Crippen LogP contribution in [0.25, 0.3) is 0 Å². The molecule has 4 bridgehead atoms. The van der Waals surface area contributed by atoms with E-state index in [-0.39, 0.29) is 29.6 Å². The largest absolute Gasteiger partial charge is 0.456 e. The van der Waals surface area contributed by atoms with Crippen molar-refractivity contribution in [1.29, 1.82) is 0 Å². The van der Waals surface area contributed by atoms with Crippen LogP contribution in [-0.4, -0.2) is 30.3 Å². The van der Waals surface area contributed by atoms with E-state index in [1.165, 1.54) is 19.3 Å². The predicted molar refractivity (Wildman–Crippen MR) is 114 cm³/mol. The van der Waals surface area contributed by atoms with Gasteiger partial charge in [0.2, 0.25) is 5.91 Å². The lowest BCUT2D eigenvalue weighted by Gasteiger charge is -2.55. The third-order valence-corrected chi connectivity index (χ3v) is 7.49. The van der Waals surface area contributed by atoms with Crippen molar-refractivity contribution in [3.63, 3.8) is 0 Å². The van der Waals surface area contributed by atoms with E-state index < -0.39 is 12.0 Å². The molecule has 5 rings (SSSR count). The van der Waals surface area contributed by atoms with Crippen molar-refractivity contribution in [2.24, 2.45) is 29.1 Å². The summed E-state index contributed by atoms with van der Waals surface area (Å²) in [6.07, 6.45) is 6.61. The quantitative estimate of drug-likeness (QED) is 0.512. The monoisotopic (exact) mass is 431 g/mol. The third-order valence-electron chi connectivity index (χ3n) is 7.24. The highest BCUT2D eigenvalue weighted by molar-refractivity contribution is 6.30. The Kier molecular flexibility index (Phi) is 5.93. The number of amides is 1. The molecule has 0 heterocycles. The molecular formula is C24H30ClNO4. The molecule has 1 atom stereocenters. The van der Waals surface area contributed by atoms with Crippen LogP contribution >= 0.6 is 11.6 Å². The second-order valence-corrected chi connectivity index (χ2v) is 10.4. The minimum atomic E-state index is -0.747. The van der Waals surface area contributed by atoms with Gasteiger partial charge in [0.05, 0.1) is 0 Å². The molecule has 1 aromatic carbocycles. The molecule has 0 radical (unpaired) electrons. The second kappa shape index (κ2) is 8.33. The molecule has 4 aliphatic rings. The van der Waals surface area contributed by atoms with E-state index in [1.54, 1.807) is 24.3 Å². The van der Waals surface area contributed by atoms with Gasteiger partial charge >= 0.3 is 5.97 Å². The van der Waals surface area contributed by atoms with Gasteiger partial charge in [0, 0.05) is 16.0 Å². The van der Waals surface area contributed by atoms with Crippen molar-refractivity contribution < 1.29 is 19.1 Å². The molecule has 5 nitrogen and oxygen atoms in total. The molecule has 30 heavy (non-hydrogen) atoms. The maximum absolute atomic E-state index is 13.3. The minimum Gasteiger partial charge on any atom is -0.456 e.